The van der Waals surface area contributed by atoms with Crippen LogP contribution in [-0.4, -0.2) is 29.8 Å². The Bertz CT molecular complexity index is 628. The van der Waals surface area contributed by atoms with Crippen LogP contribution in [0.4, 0.5) is 0 Å². The van der Waals surface area contributed by atoms with Gasteiger partial charge in [0.25, 0.3) is 5.91 Å². The Labute approximate surface area is 137 Å². The topological polar surface area (TPSA) is 58.6 Å². The minimum absolute atomic E-state index is 0.0636. The average molecular weight is 313 g/mol. The molecule has 0 saturated carbocycles. The molecule has 4 heteroatoms. The Morgan fingerprint density at radius 2 is 1.91 bits per heavy atom. The van der Waals surface area contributed by atoms with Crippen LogP contribution in [0.2, 0.25) is 0 Å². The lowest BCUT2D eigenvalue weighted by atomic mass is 10.0. The molecule has 2 N–H and O–H groups in total. The van der Waals surface area contributed by atoms with Gasteiger partial charge in [-0.3, -0.25) is 4.79 Å². The lowest BCUT2D eigenvalue weighted by Crippen LogP contribution is -2.44. The highest BCUT2D eigenvalue weighted by atomic mass is 16.5. The molecule has 23 heavy (non-hydrogen) atoms. The zero-order valence-corrected chi connectivity index (χ0v) is 13.5. The third-order valence-electron chi connectivity index (χ3n) is 3.61. The normalized spacial score (nSPS) is 13.2. The molecule has 0 radical (unpaired) electrons. The minimum Gasteiger partial charge on any atom is -0.484 e. The molecule has 0 heterocycles. The number of ether oxygens (including phenoxy) is 1. The molecule has 0 aliphatic rings. The van der Waals surface area contributed by atoms with Crippen LogP contribution in [0.3, 0.4) is 0 Å². The van der Waals surface area contributed by atoms with Gasteiger partial charge in [-0.05, 0) is 37.1 Å². The van der Waals surface area contributed by atoms with E-state index in [1.807, 2.05) is 61.5 Å². The molecule has 2 aromatic carbocycles. The van der Waals surface area contributed by atoms with Crippen LogP contribution in [0.25, 0.3) is 0 Å². The molecule has 0 aromatic heterocycles. The molecule has 1 amide bonds. The van der Waals surface area contributed by atoms with Crippen LogP contribution in [-0.2, 0) is 11.2 Å². The van der Waals surface area contributed by atoms with E-state index in [1.165, 1.54) is 0 Å². The van der Waals surface area contributed by atoms with E-state index in [0.717, 1.165) is 11.1 Å². The van der Waals surface area contributed by atoms with Crippen molar-refractivity contribution in [1.29, 1.82) is 0 Å². The maximum atomic E-state index is 11.9. The van der Waals surface area contributed by atoms with Gasteiger partial charge < -0.3 is 15.2 Å². The first-order chi connectivity index (χ1) is 11.0. The van der Waals surface area contributed by atoms with Gasteiger partial charge in [-0.2, -0.15) is 0 Å². The second-order valence-corrected chi connectivity index (χ2v) is 5.72. The molecule has 122 valence electrons. The molecule has 0 bridgehead atoms. The van der Waals surface area contributed by atoms with Crippen molar-refractivity contribution in [3.05, 3.63) is 65.7 Å². The summed E-state index contributed by atoms with van der Waals surface area (Å²) in [4.78, 5) is 11.9. The summed E-state index contributed by atoms with van der Waals surface area (Å²) in [7, 11) is 0. The Morgan fingerprint density at radius 3 is 2.61 bits per heavy atom. The molecule has 2 rings (SSSR count). The van der Waals surface area contributed by atoms with E-state index in [0.29, 0.717) is 12.2 Å². The van der Waals surface area contributed by atoms with Crippen molar-refractivity contribution in [3.63, 3.8) is 0 Å². The summed E-state index contributed by atoms with van der Waals surface area (Å²) in [5.74, 6) is 0.420. The van der Waals surface area contributed by atoms with Gasteiger partial charge in [0.15, 0.2) is 6.61 Å². The Morgan fingerprint density at radius 1 is 1.17 bits per heavy atom. The second-order valence-electron chi connectivity index (χ2n) is 5.72. The van der Waals surface area contributed by atoms with Crippen LogP contribution in [0.1, 0.15) is 18.1 Å². The number of hydrogen-bond donors (Lipinski definition) is 2. The Balaban J connectivity index is 1.77. The fourth-order valence-corrected chi connectivity index (χ4v) is 2.28. The van der Waals surface area contributed by atoms with E-state index in [-0.39, 0.29) is 18.6 Å². The summed E-state index contributed by atoms with van der Waals surface area (Å²) >= 11 is 0. The van der Waals surface area contributed by atoms with Gasteiger partial charge in [0, 0.05) is 6.42 Å². The summed E-state index contributed by atoms with van der Waals surface area (Å²) < 4.78 is 5.45. The number of aryl methyl sites for hydroxylation is 1. The van der Waals surface area contributed by atoms with Crippen LogP contribution in [0.5, 0.6) is 5.75 Å². The smallest absolute Gasteiger partial charge is 0.258 e. The lowest BCUT2D eigenvalue weighted by molar-refractivity contribution is -0.124. The molecular weight excluding hydrogens is 290 g/mol. The van der Waals surface area contributed by atoms with Crippen LogP contribution >= 0.6 is 0 Å². The molecule has 0 fully saturated rings. The van der Waals surface area contributed by atoms with E-state index in [1.54, 1.807) is 6.92 Å². The predicted octanol–water partition coefficient (Wildman–Crippen LogP) is 2.48. The van der Waals surface area contributed by atoms with Crippen LogP contribution in [0.15, 0.2) is 54.6 Å². The number of carbonyl (C=O) groups excluding carboxylic acids is 1. The van der Waals surface area contributed by atoms with Crippen molar-refractivity contribution in [2.45, 2.75) is 32.4 Å². The molecule has 0 aliphatic carbocycles. The number of benzene rings is 2. The summed E-state index contributed by atoms with van der Waals surface area (Å²) in [6.45, 7) is 3.69. The van der Waals surface area contributed by atoms with Crippen molar-refractivity contribution in [1.82, 2.24) is 5.32 Å². The zero-order chi connectivity index (χ0) is 16.7. The summed E-state index contributed by atoms with van der Waals surface area (Å²) in [5.41, 5.74) is 2.12. The molecule has 0 spiro atoms. The van der Waals surface area contributed by atoms with E-state index < -0.39 is 6.10 Å². The fourth-order valence-electron chi connectivity index (χ4n) is 2.28. The van der Waals surface area contributed by atoms with Crippen molar-refractivity contribution in [3.8, 4) is 5.75 Å². The van der Waals surface area contributed by atoms with Gasteiger partial charge in [0.1, 0.15) is 5.75 Å². The predicted molar refractivity (Wildman–Crippen MR) is 90.4 cm³/mol. The van der Waals surface area contributed by atoms with Gasteiger partial charge in [0.2, 0.25) is 0 Å². The largest absolute Gasteiger partial charge is 0.484 e. The van der Waals surface area contributed by atoms with Crippen LogP contribution < -0.4 is 10.1 Å². The van der Waals surface area contributed by atoms with Gasteiger partial charge in [0.05, 0.1) is 12.1 Å². The number of carbonyl (C=O) groups is 1. The van der Waals surface area contributed by atoms with Gasteiger partial charge in [-0.15, -0.1) is 0 Å². The lowest BCUT2D eigenvalue weighted by Gasteiger charge is -2.20. The SMILES string of the molecule is Cc1cccc(OCC(=O)NC(C)C(O)Cc2ccccc2)c1. The number of nitrogens with one attached hydrogen (secondary N) is 1. The monoisotopic (exact) mass is 313 g/mol. The average Bonchev–Trinajstić information content (AvgIpc) is 2.54. The maximum Gasteiger partial charge on any atom is 0.258 e. The summed E-state index contributed by atoms with van der Waals surface area (Å²) in [5, 5.41) is 13.0. The van der Waals surface area contributed by atoms with Crippen molar-refractivity contribution >= 4 is 5.91 Å². The number of aliphatic hydroxyl groups excluding tert-OH is 1. The number of hydrogen-bond acceptors (Lipinski definition) is 3. The third kappa shape index (κ3) is 5.75. The van der Waals surface area contributed by atoms with E-state index in [2.05, 4.69) is 5.32 Å². The molecule has 2 atom stereocenters. The third-order valence-corrected chi connectivity index (χ3v) is 3.61. The first-order valence-corrected chi connectivity index (χ1v) is 7.75. The van der Waals surface area contributed by atoms with Crippen molar-refractivity contribution < 1.29 is 14.6 Å². The van der Waals surface area contributed by atoms with Gasteiger partial charge >= 0.3 is 0 Å². The highest BCUT2D eigenvalue weighted by Gasteiger charge is 2.17. The van der Waals surface area contributed by atoms with Crippen molar-refractivity contribution in [2.75, 3.05) is 6.61 Å². The van der Waals surface area contributed by atoms with E-state index in [4.69, 9.17) is 4.74 Å². The zero-order valence-electron chi connectivity index (χ0n) is 13.5. The number of rotatable bonds is 7. The maximum absolute atomic E-state index is 11.9. The van der Waals surface area contributed by atoms with Crippen LogP contribution in [0, 0.1) is 6.92 Å². The number of amides is 1. The molecule has 2 unspecified atom stereocenters. The standard InChI is InChI=1S/C19H23NO3/c1-14-7-6-10-17(11-14)23-13-19(22)20-15(2)18(21)12-16-8-4-3-5-9-16/h3-11,15,18,21H,12-13H2,1-2H3,(H,20,22). The Kier molecular flexibility index (Phi) is 6.18. The Hall–Kier alpha value is -2.33. The quantitative estimate of drug-likeness (QED) is 0.825. The summed E-state index contributed by atoms with van der Waals surface area (Å²) in [6, 6.07) is 16.9. The molecule has 2 aromatic rings. The van der Waals surface area contributed by atoms with E-state index >= 15 is 0 Å². The highest BCUT2D eigenvalue weighted by Crippen LogP contribution is 2.12. The molecule has 0 saturated heterocycles. The second kappa shape index (κ2) is 8.34. The first-order valence-electron chi connectivity index (χ1n) is 7.75. The highest BCUT2D eigenvalue weighted by molar-refractivity contribution is 5.77. The van der Waals surface area contributed by atoms with Crippen molar-refractivity contribution in [2.24, 2.45) is 0 Å². The fraction of sp³-hybridized carbons (Fsp3) is 0.316. The molecular formula is C19H23NO3. The van der Waals surface area contributed by atoms with Gasteiger partial charge in [-0.25, -0.2) is 0 Å². The number of aliphatic hydroxyl groups is 1. The van der Waals surface area contributed by atoms with Gasteiger partial charge in [-0.1, -0.05) is 42.5 Å². The first kappa shape index (κ1) is 17.0. The molecule has 0 aliphatic heterocycles. The minimum atomic E-state index is -0.639. The summed E-state index contributed by atoms with van der Waals surface area (Å²) in [6.07, 6.45) is -0.138. The van der Waals surface area contributed by atoms with E-state index in [9.17, 15) is 9.90 Å². The molecule has 4 nitrogen and oxygen atoms in total.